The van der Waals surface area contributed by atoms with Crippen LogP contribution in [0.25, 0.3) is 21.9 Å². The van der Waals surface area contributed by atoms with E-state index in [0.717, 1.165) is 28.8 Å². The van der Waals surface area contributed by atoms with Crippen molar-refractivity contribution in [1.29, 1.82) is 0 Å². The number of benzene rings is 3. The van der Waals surface area contributed by atoms with E-state index in [2.05, 4.69) is 49.0 Å². The standard InChI is InChI=1S/C19H17N/c1-2-8-16-13-15-11-6-7-12-17(15)18(19(16)20)14-9-4-3-5-10-14/h2-7,9-13H,1,8,20H2. The monoisotopic (exact) mass is 259 g/mol. The maximum atomic E-state index is 6.42. The molecule has 0 saturated carbocycles. The molecule has 0 aliphatic carbocycles. The minimum atomic E-state index is 0.788. The van der Waals surface area contributed by atoms with Crippen LogP contribution in [0.15, 0.2) is 73.3 Å². The van der Waals surface area contributed by atoms with Crippen LogP contribution in [-0.4, -0.2) is 0 Å². The molecule has 0 fully saturated rings. The van der Waals surface area contributed by atoms with Gasteiger partial charge in [-0.3, -0.25) is 0 Å². The van der Waals surface area contributed by atoms with E-state index in [0.29, 0.717) is 0 Å². The van der Waals surface area contributed by atoms with Gasteiger partial charge in [-0.15, -0.1) is 6.58 Å². The second-order valence-corrected chi connectivity index (χ2v) is 4.90. The summed E-state index contributed by atoms with van der Waals surface area (Å²) in [5.74, 6) is 0. The van der Waals surface area contributed by atoms with Crippen LogP contribution >= 0.6 is 0 Å². The van der Waals surface area contributed by atoms with Gasteiger partial charge >= 0.3 is 0 Å². The zero-order chi connectivity index (χ0) is 13.9. The van der Waals surface area contributed by atoms with Crippen molar-refractivity contribution in [3.63, 3.8) is 0 Å². The number of nitrogen functional groups attached to an aromatic ring is 1. The molecule has 1 nitrogen and oxygen atoms in total. The summed E-state index contributed by atoms with van der Waals surface area (Å²) in [4.78, 5) is 0. The van der Waals surface area contributed by atoms with Crippen LogP contribution in [-0.2, 0) is 6.42 Å². The third-order valence-electron chi connectivity index (χ3n) is 3.60. The Hall–Kier alpha value is -2.54. The molecule has 0 heterocycles. The van der Waals surface area contributed by atoms with Gasteiger partial charge in [0, 0.05) is 11.3 Å². The molecule has 0 aliphatic rings. The molecule has 3 aromatic carbocycles. The number of anilines is 1. The summed E-state index contributed by atoms with van der Waals surface area (Å²) in [7, 11) is 0. The summed E-state index contributed by atoms with van der Waals surface area (Å²) in [6, 6.07) is 20.9. The number of rotatable bonds is 3. The SMILES string of the molecule is C=CCc1cc2ccccc2c(-c2ccccc2)c1N. The molecular formula is C19H17N. The van der Waals surface area contributed by atoms with Gasteiger partial charge in [-0.25, -0.2) is 0 Å². The Morgan fingerprint density at radius 3 is 2.40 bits per heavy atom. The van der Waals surface area contributed by atoms with Crippen LogP contribution in [0.1, 0.15) is 5.56 Å². The number of hydrogen-bond acceptors (Lipinski definition) is 1. The Labute approximate surface area is 119 Å². The first-order valence-corrected chi connectivity index (χ1v) is 6.77. The Balaban J connectivity index is 2.38. The fraction of sp³-hybridized carbons (Fsp3) is 0.0526. The van der Waals surface area contributed by atoms with Crippen LogP contribution in [0.5, 0.6) is 0 Å². The van der Waals surface area contributed by atoms with Gasteiger partial charge in [0.2, 0.25) is 0 Å². The van der Waals surface area contributed by atoms with Gasteiger partial charge in [-0.05, 0) is 34.4 Å². The molecular weight excluding hydrogens is 242 g/mol. The molecule has 0 unspecified atom stereocenters. The van der Waals surface area contributed by atoms with Gasteiger partial charge in [0.25, 0.3) is 0 Å². The molecule has 2 N–H and O–H groups in total. The van der Waals surface area contributed by atoms with E-state index in [9.17, 15) is 0 Å². The highest BCUT2D eigenvalue weighted by molar-refractivity contribution is 6.03. The molecule has 98 valence electrons. The minimum absolute atomic E-state index is 0.788. The third kappa shape index (κ3) is 2.08. The Morgan fingerprint density at radius 1 is 0.950 bits per heavy atom. The van der Waals surface area contributed by atoms with E-state index >= 15 is 0 Å². The maximum absolute atomic E-state index is 6.42. The van der Waals surface area contributed by atoms with Gasteiger partial charge in [0.1, 0.15) is 0 Å². The van der Waals surface area contributed by atoms with Crippen LogP contribution < -0.4 is 5.73 Å². The minimum Gasteiger partial charge on any atom is -0.398 e. The van der Waals surface area contributed by atoms with Crippen LogP contribution in [0.3, 0.4) is 0 Å². The molecule has 3 aromatic rings. The lowest BCUT2D eigenvalue weighted by Crippen LogP contribution is -1.98. The van der Waals surface area contributed by atoms with Crippen LogP contribution in [0, 0.1) is 0 Å². The van der Waals surface area contributed by atoms with Gasteiger partial charge in [-0.1, -0.05) is 60.7 Å². The first-order chi connectivity index (χ1) is 9.81. The van der Waals surface area contributed by atoms with Crippen molar-refractivity contribution in [1.82, 2.24) is 0 Å². The van der Waals surface area contributed by atoms with Gasteiger partial charge in [0.15, 0.2) is 0 Å². The van der Waals surface area contributed by atoms with Crippen LogP contribution in [0.4, 0.5) is 5.69 Å². The molecule has 0 radical (unpaired) electrons. The van der Waals surface area contributed by atoms with Gasteiger partial charge < -0.3 is 5.73 Å². The highest BCUT2D eigenvalue weighted by Gasteiger charge is 2.11. The van der Waals surface area contributed by atoms with Gasteiger partial charge in [-0.2, -0.15) is 0 Å². The number of fused-ring (bicyclic) bond motifs is 1. The first-order valence-electron chi connectivity index (χ1n) is 6.77. The number of nitrogens with two attached hydrogens (primary N) is 1. The Bertz CT molecular complexity index is 757. The van der Waals surface area contributed by atoms with Crippen molar-refractivity contribution in [3.05, 3.63) is 78.9 Å². The van der Waals surface area contributed by atoms with Crippen molar-refractivity contribution in [2.45, 2.75) is 6.42 Å². The molecule has 0 aromatic heterocycles. The van der Waals surface area contributed by atoms with Crippen molar-refractivity contribution in [2.75, 3.05) is 5.73 Å². The van der Waals surface area contributed by atoms with E-state index in [-0.39, 0.29) is 0 Å². The summed E-state index contributed by atoms with van der Waals surface area (Å²) >= 11 is 0. The van der Waals surface area contributed by atoms with Crippen molar-refractivity contribution in [3.8, 4) is 11.1 Å². The highest BCUT2D eigenvalue weighted by Crippen LogP contribution is 2.36. The second-order valence-electron chi connectivity index (χ2n) is 4.90. The molecule has 0 atom stereocenters. The van der Waals surface area contributed by atoms with Crippen LogP contribution in [0.2, 0.25) is 0 Å². The molecule has 3 rings (SSSR count). The number of hydrogen-bond donors (Lipinski definition) is 1. The number of allylic oxidation sites excluding steroid dienone is 1. The summed E-state index contributed by atoms with van der Waals surface area (Å²) in [6.07, 6.45) is 2.69. The Morgan fingerprint density at radius 2 is 1.65 bits per heavy atom. The van der Waals surface area contributed by atoms with Crippen molar-refractivity contribution in [2.24, 2.45) is 0 Å². The second kappa shape index (κ2) is 5.22. The summed E-state index contributed by atoms with van der Waals surface area (Å²) in [5.41, 5.74) is 10.7. The lowest BCUT2D eigenvalue weighted by molar-refractivity contribution is 1.29. The zero-order valence-corrected chi connectivity index (χ0v) is 11.3. The summed E-state index contributed by atoms with van der Waals surface area (Å²) < 4.78 is 0. The maximum Gasteiger partial charge on any atom is 0.0435 e. The third-order valence-corrected chi connectivity index (χ3v) is 3.60. The Kier molecular flexibility index (Phi) is 3.26. The lowest BCUT2D eigenvalue weighted by atomic mass is 9.92. The first kappa shape index (κ1) is 12.5. The highest BCUT2D eigenvalue weighted by atomic mass is 14.6. The topological polar surface area (TPSA) is 26.0 Å². The van der Waals surface area contributed by atoms with E-state index in [1.54, 1.807) is 0 Å². The fourth-order valence-electron chi connectivity index (χ4n) is 2.66. The molecule has 20 heavy (non-hydrogen) atoms. The zero-order valence-electron chi connectivity index (χ0n) is 11.3. The molecule has 0 amide bonds. The van der Waals surface area contributed by atoms with E-state index in [1.807, 2.05) is 24.3 Å². The molecule has 0 aliphatic heterocycles. The van der Waals surface area contributed by atoms with E-state index in [4.69, 9.17) is 5.73 Å². The lowest BCUT2D eigenvalue weighted by Gasteiger charge is -2.14. The molecule has 0 bridgehead atoms. The smallest absolute Gasteiger partial charge is 0.0435 e. The quantitative estimate of drug-likeness (QED) is 0.529. The molecule has 0 saturated heterocycles. The average Bonchev–Trinajstić information content (AvgIpc) is 2.49. The van der Waals surface area contributed by atoms with Crippen molar-refractivity contribution >= 4 is 16.5 Å². The predicted molar refractivity (Wildman–Crippen MR) is 87.7 cm³/mol. The normalized spacial score (nSPS) is 10.6. The summed E-state index contributed by atoms with van der Waals surface area (Å²) in [6.45, 7) is 3.82. The average molecular weight is 259 g/mol. The van der Waals surface area contributed by atoms with E-state index in [1.165, 1.54) is 10.8 Å². The predicted octanol–water partition coefficient (Wildman–Crippen LogP) is 4.82. The van der Waals surface area contributed by atoms with Crippen molar-refractivity contribution < 1.29 is 0 Å². The largest absolute Gasteiger partial charge is 0.398 e. The molecule has 1 heteroatoms. The fourth-order valence-corrected chi connectivity index (χ4v) is 2.66. The molecule has 0 spiro atoms. The van der Waals surface area contributed by atoms with E-state index < -0.39 is 0 Å². The summed E-state index contributed by atoms with van der Waals surface area (Å²) in [5, 5.41) is 2.42. The van der Waals surface area contributed by atoms with Gasteiger partial charge in [0.05, 0.1) is 0 Å².